The van der Waals surface area contributed by atoms with Gasteiger partial charge in [-0.1, -0.05) is 19.1 Å². The van der Waals surface area contributed by atoms with Gasteiger partial charge in [-0.2, -0.15) is 5.26 Å². The minimum atomic E-state index is -0.296. The third kappa shape index (κ3) is 3.12. The molecule has 102 valence electrons. The number of hydrogen-bond acceptors (Lipinski definition) is 3. The van der Waals surface area contributed by atoms with Crippen LogP contribution in [0.4, 0.5) is 15.8 Å². The molecule has 1 N–H and O–H groups in total. The number of halogens is 1. The third-order valence-electron chi connectivity index (χ3n) is 2.91. The number of aryl methyl sites for hydroxylation is 1. The van der Waals surface area contributed by atoms with E-state index < -0.39 is 0 Å². The standard InChI is InChI=1S/C16H15FN2S/c1-3-20-16-6-4-5-14(13(16)10-18)19-15-9-12(17)8-7-11(15)2/h4-9,19H,3H2,1-2H3. The number of nitrogens with zero attached hydrogens (tertiary/aromatic N) is 1. The first-order valence-electron chi connectivity index (χ1n) is 6.34. The second-order valence-electron chi connectivity index (χ2n) is 4.31. The Kier molecular flexibility index (Phi) is 4.65. The van der Waals surface area contributed by atoms with Crippen LogP contribution in [0.3, 0.4) is 0 Å². The number of nitriles is 1. The van der Waals surface area contributed by atoms with Crippen molar-refractivity contribution in [3.05, 3.63) is 53.3 Å². The molecular formula is C16H15FN2S. The van der Waals surface area contributed by atoms with Gasteiger partial charge in [-0.3, -0.25) is 0 Å². The van der Waals surface area contributed by atoms with Crippen molar-refractivity contribution in [3.8, 4) is 6.07 Å². The Morgan fingerprint density at radius 1 is 1.25 bits per heavy atom. The number of hydrogen-bond donors (Lipinski definition) is 1. The summed E-state index contributed by atoms with van der Waals surface area (Å²) < 4.78 is 13.3. The molecule has 0 aromatic heterocycles. The highest BCUT2D eigenvalue weighted by atomic mass is 32.2. The van der Waals surface area contributed by atoms with Crippen molar-refractivity contribution >= 4 is 23.1 Å². The van der Waals surface area contributed by atoms with Crippen molar-refractivity contribution < 1.29 is 4.39 Å². The first-order chi connectivity index (χ1) is 9.65. The van der Waals surface area contributed by atoms with E-state index in [0.29, 0.717) is 16.9 Å². The molecule has 0 aliphatic carbocycles. The Hall–Kier alpha value is -1.99. The molecule has 0 amide bonds. The number of thioether (sulfide) groups is 1. The lowest BCUT2D eigenvalue weighted by molar-refractivity contribution is 0.628. The van der Waals surface area contributed by atoms with Crippen LogP contribution in [0.2, 0.25) is 0 Å². The Morgan fingerprint density at radius 3 is 2.75 bits per heavy atom. The largest absolute Gasteiger partial charge is 0.354 e. The molecule has 0 atom stereocenters. The Bertz CT molecular complexity index is 662. The fourth-order valence-corrected chi connectivity index (χ4v) is 2.69. The van der Waals surface area contributed by atoms with Gasteiger partial charge in [0.1, 0.15) is 11.9 Å². The molecule has 0 saturated carbocycles. The molecule has 0 radical (unpaired) electrons. The van der Waals surface area contributed by atoms with Crippen molar-refractivity contribution in [2.24, 2.45) is 0 Å². The second kappa shape index (κ2) is 6.44. The van der Waals surface area contributed by atoms with Gasteiger partial charge in [-0.15, -0.1) is 11.8 Å². The van der Waals surface area contributed by atoms with E-state index in [4.69, 9.17) is 0 Å². The van der Waals surface area contributed by atoms with E-state index in [1.54, 1.807) is 17.8 Å². The average molecular weight is 286 g/mol. The van der Waals surface area contributed by atoms with E-state index in [-0.39, 0.29) is 5.82 Å². The van der Waals surface area contributed by atoms with Crippen LogP contribution in [-0.2, 0) is 0 Å². The summed E-state index contributed by atoms with van der Waals surface area (Å²) in [5, 5.41) is 12.5. The maximum absolute atomic E-state index is 13.3. The Labute approximate surface area is 122 Å². The molecule has 0 heterocycles. The first-order valence-corrected chi connectivity index (χ1v) is 7.33. The van der Waals surface area contributed by atoms with Crippen LogP contribution in [-0.4, -0.2) is 5.75 Å². The number of nitrogens with one attached hydrogen (secondary N) is 1. The van der Waals surface area contributed by atoms with Gasteiger partial charge in [0.05, 0.1) is 11.3 Å². The van der Waals surface area contributed by atoms with Crippen LogP contribution in [0.1, 0.15) is 18.1 Å². The van der Waals surface area contributed by atoms with Crippen LogP contribution >= 0.6 is 11.8 Å². The normalized spacial score (nSPS) is 10.1. The molecule has 0 unspecified atom stereocenters. The fraction of sp³-hybridized carbons (Fsp3) is 0.188. The summed E-state index contributed by atoms with van der Waals surface area (Å²) in [7, 11) is 0. The summed E-state index contributed by atoms with van der Waals surface area (Å²) in [6, 6.07) is 12.5. The SMILES string of the molecule is CCSc1cccc(Nc2cc(F)ccc2C)c1C#N. The van der Waals surface area contributed by atoms with E-state index >= 15 is 0 Å². The first kappa shape index (κ1) is 14.4. The summed E-state index contributed by atoms with van der Waals surface area (Å²) in [4.78, 5) is 0.939. The average Bonchev–Trinajstić information content (AvgIpc) is 2.43. The van der Waals surface area contributed by atoms with Gasteiger partial charge in [0, 0.05) is 10.6 Å². The lowest BCUT2D eigenvalue weighted by Gasteiger charge is -2.13. The molecule has 20 heavy (non-hydrogen) atoms. The van der Waals surface area contributed by atoms with E-state index in [0.717, 1.165) is 16.2 Å². The van der Waals surface area contributed by atoms with Crippen LogP contribution in [0.25, 0.3) is 0 Å². The molecule has 4 heteroatoms. The Morgan fingerprint density at radius 2 is 2.05 bits per heavy atom. The molecule has 2 aromatic rings. The molecule has 2 nitrogen and oxygen atoms in total. The Balaban J connectivity index is 2.41. The van der Waals surface area contributed by atoms with Crippen molar-refractivity contribution in [2.75, 3.05) is 11.1 Å². The lowest BCUT2D eigenvalue weighted by Crippen LogP contribution is -1.97. The minimum Gasteiger partial charge on any atom is -0.354 e. The minimum absolute atomic E-state index is 0.296. The van der Waals surface area contributed by atoms with Crippen LogP contribution in [0, 0.1) is 24.1 Å². The quantitative estimate of drug-likeness (QED) is 0.815. The van der Waals surface area contributed by atoms with E-state index in [1.807, 2.05) is 32.0 Å². The second-order valence-corrected chi connectivity index (χ2v) is 5.61. The zero-order valence-electron chi connectivity index (χ0n) is 11.4. The lowest BCUT2D eigenvalue weighted by atomic mass is 10.1. The van der Waals surface area contributed by atoms with Crippen LogP contribution < -0.4 is 5.32 Å². The summed E-state index contributed by atoms with van der Waals surface area (Å²) in [6.45, 7) is 3.95. The monoisotopic (exact) mass is 286 g/mol. The predicted molar refractivity (Wildman–Crippen MR) is 82.0 cm³/mol. The maximum Gasteiger partial charge on any atom is 0.125 e. The van der Waals surface area contributed by atoms with Gasteiger partial charge in [0.25, 0.3) is 0 Å². The van der Waals surface area contributed by atoms with Gasteiger partial charge >= 0.3 is 0 Å². The zero-order chi connectivity index (χ0) is 14.5. The maximum atomic E-state index is 13.3. The van der Waals surface area contributed by atoms with Gasteiger partial charge in [0.2, 0.25) is 0 Å². The molecule has 0 saturated heterocycles. The van der Waals surface area contributed by atoms with Crippen LogP contribution in [0.5, 0.6) is 0 Å². The molecule has 0 fully saturated rings. The van der Waals surface area contributed by atoms with Gasteiger partial charge in [-0.25, -0.2) is 4.39 Å². The van der Waals surface area contributed by atoms with Gasteiger partial charge in [-0.05, 0) is 42.5 Å². The highest BCUT2D eigenvalue weighted by Crippen LogP contribution is 2.30. The number of rotatable bonds is 4. The highest BCUT2D eigenvalue weighted by Gasteiger charge is 2.09. The predicted octanol–water partition coefficient (Wildman–Crippen LogP) is 4.86. The summed E-state index contributed by atoms with van der Waals surface area (Å²) in [5.74, 6) is 0.604. The summed E-state index contributed by atoms with van der Waals surface area (Å²) in [6.07, 6.45) is 0. The van der Waals surface area contributed by atoms with E-state index in [2.05, 4.69) is 11.4 Å². The number of anilines is 2. The smallest absolute Gasteiger partial charge is 0.125 e. The van der Waals surface area contributed by atoms with Crippen LogP contribution in [0.15, 0.2) is 41.3 Å². The molecule has 0 aliphatic heterocycles. The van der Waals surface area contributed by atoms with E-state index in [9.17, 15) is 9.65 Å². The fourth-order valence-electron chi connectivity index (χ4n) is 1.90. The molecule has 0 aliphatic rings. The number of benzene rings is 2. The molecule has 0 spiro atoms. The topological polar surface area (TPSA) is 35.8 Å². The molecular weight excluding hydrogens is 271 g/mol. The van der Waals surface area contributed by atoms with E-state index in [1.165, 1.54) is 12.1 Å². The van der Waals surface area contributed by atoms with Gasteiger partial charge in [0.15, 0.2) is 0 Å². The summed E-state index contributed by atoms with van der Waals surface area (Å²) >= 11 is 1.62. The molecule has 0 bridgehead atoms. The third-order valence-corrected chi connectivity index (χ3v) is 3.85. The van der Waals surface area contributed by atoms with Crippen molar-refractivity contribution in [3.63, 3.8) is 0 Å². The van der Waals surface area contributed by atoms with Crippen molar-refractivity contribution in [1.82, 2.24) is 0 Å². The highest BCUT2D eigenvalue weighted by molar-refractivity contribution is 7.99. The zero-order valence-corrected chi connectivity index (χ0v) is 12.2. The summed E-state index contributed by atoms with van der Waals surface area (Å²) in [5.41, 5.74) is 2.92. The van der Waals surface area contributed by atoms with Crippen molar-refractivity contribution in [2.45, 2.75) is 18.7 Å². The molecule has 2 rings (SSSR count). The molecule has 2 aromatic carbocycles. The van der Waals surface area contributed by atoms with Crippen molar-refractivity contribution in [1.29, 1.82) is 5.26 Å². The van der Waals surface area contributed by atoms with Gasteiger partial charge < -0.3 is 5.32 Å².